The summed E-state index contributed by atoms with van der Waals surface area (Å²) in [5, 5.41) is 9.51. The van der Waals surface area contributed by atoms with E-state index >= 15 is 0 Å². The molecule has 0 fully saturated rings. The normalized spacial score (nSPS) is 10.4. The van der Waals surface area contributed by atoms with Crippen molar-refractivity contribution in [2.24, 2.45) is 0 Å². The van der Waals surface area contributed by atoms with E-state index in [1.165, 1.54) is 11.5 Å². The van der Waals surface area contributed by atoms with Crippen LogP contribution in [-0.4, -0.2) is 15.7 Å². The number of aliphatic hydroxyl groups is 1. The number of hydrogen-bond donors (Lipinski definition) is 1. The summed E-state index contributed by atoms with van der Waals surface area (Å²) in [6.07, 6.45) is 0. The summed E-state index contributed by atoms with van der Waals surface area (Å²) in [7, 11) is 0. The summed E-state index contributed by atoms with van der Waals surface area (Å²) in [5.41, 5.74) is 2.63. The second-order valence-corrected chi connectivity index (χ2v) is 5.64. The highest BCUT2D eigenvalue weighted by molar-refractivity contribution is 7.14. The molecule has 3 nitrogen and oxygen atoms in total. The lowest BCUT2D eigenvalue weighted by Gasteiger charge is -2.05. The quantitative estimate of drug-likeness (QED) is 0.701. The molecular formula is C17H13NO2S. The average molecular weight is 295 g/mol. The molecule has 2 aromatic carbocycles. The Labute approximate surface area is 126 Å². The van der Waals surface area contributed by atoms with Gasteiger partial charge in [-0.3, -0.25) is 4.79 Å². The molecule has 0 bridgehead atoms. The van der Waals surface area contributed by atoms with Crippen LogP contribution in [0.1, 0.15) is 11.1 Å². The van der Waals surface area contributed by atoms with Gasteiger partial charge in [-0.2, -0.15) is 0 Å². The van der Waals surface area contributed by atoms with Crippen molar-refractivity contribution in [1.29, 1.82) is 0 Å². The Balaban J connectivity index is 2.22. The number of nitrogens with zero attached hydrogens (tertiary/aromatic N) is 1. The molecule has 21 heavy (non-hydrogen) atoms. The van der Waals surface area contributed by atoms with Crippen molar-refractivity contribution in [1.82, 2.24) is 3.96 Å². The number of hydrogen-bond acceptors (Lipinski definition) is 3. The maximum atomic E-state index is 12.5. The van der Waals surface area contributed by atoms with Crippen LogP contribution in [0, 0.1) is 18.8 Å². The average Bonchev–Trinajstić information content (AvgIpc) is 2.84. The lowest BCUT2D eigenvalue weighted by Crippen LogP contribution is -2.12. The van der Waals surface area contributed by atoms with Gasteiger partial charge in [0.05, 0.1) is 15.8 Å². The first-order chi connectivity index (χ1) is 10.2. The van der Waals surface area contributed by atoms with Crippen LogP contribution in [0.5, 0.6) is 0 Å². The second-order valence-electron chi connectivity index (χ2n) is 4.65. The van der Waals surface area contributed by atoms with Crippen LogP contribution in [0.2, 0.25) is 0 Å². The fourth-order valence-electron chi connectivity index (χ4n) is 2.18. The minimum absolute atomic E-state index is 0.00836. The molecule has 1 heterocycles. The van der Waals surface area contributed by atoms with E-state index < -0.39 is 0 Å². The highest BCUT2D eigenvalue weighted by Crippen LogP contribution is 2.22. The number of aliphatic hydroxyl groups excluding tert-OH is 1. The van der Waals surface area contributed by atoms with Crippen LogP contribution < -0.4 is 5.56 Å². The van der Waals surface area contributed by atoms with E-state index in [2.05, 4.69) is 11.8 Å². The van der Waals surface area contributed by atoms with Gasteiger partial charge in [-0.25, -0.2) is 3.96 Å². The van der Waals surface area contributed by atoms with E-state index in [4.69, 9.17) is 5.11 Å². The largest absolute Gasteiger partial charge is 0.384 e. The van der Waals surface area contributed by atoms with Crippen LogP contribution in [0.25, 0.3) is 15.8 Å². The summed E-state index contributed by atoms with van der Waals surface area (Å²) in [5.74, 6) is 5.50. The van der Waals surface area contributed by atoms with E-state index in [0.29, 0.717) is 0 Å². The third-order valence-corrected chi connectivity index (χ3v) is 4.33. The SMILES string of the molecule is Cc1ccc(C#CCO)cc1-n1sc2ccccc2c1=O. The fourth-order valence-corrected chi connectivity index (χ4v) is 3.24. The molecule has 0 saturated heterocycles. The molecule has 1 N–H and O–H groups in total. The molecule has 0 aliphatic carbocycles. The first kappa shape index (κ1) is 13.6. The molecule has 0 radical (unpaired) electrons. The van der Waals surface area contributed by atoms with Gasteiger partial charge in [0.25, 0.3) is 5.56 Å². The molecule has 0 unspecified atom stereocenters. The number of aryl methyl sites for hydroxylation is 1. The highest BCUT2D eigenvalue weighted by Gasteiger charge is 2.10. The lowest BCUT2D eigenvalue weighted by atomic mass is 10.1. The van der Waals surface area contributed by atoms with Gasteiger partial charge in [0.2, 0.25) is 0 Å². The van der Waals surface area contributed by atoms with Gasteiger partial charge in [-0.1, -0.05) is 41.6 Å². The first-order valence-corrected chi connectivity index (χ1v) is 7.30. The smallest absolute Gasteiger partial charge is 0.273 e. The van der Waals surface area contributed by atoms with Crippen molar-refractivity contribution in [3.8, 4) is 17.5 Å². The van der Waals surface area contributed by atoms with Gasteiger partial charge in [-0.15, -0.1) is 0 Å². The molecule has 3 aromatic rings. The zero-order valence-corrected chi connectivity index (χ0v) is 12.3. The zero-order chi connectivity index (χ0) is 14.8. The Morgan fingerprint density at radius 1 is 1.24 bits per heavy atom. The van der Waals surface area contributed by atoms with E-state index in [0.717, 1.165) is 26.9 Å². The van der Waals surface area contributed by atoms with Crippen molar-refractivity contribution < 1.29 is 5.11 Å². The molecule has 104 valence electrons. The van der Waals surface area contributed by atoms with Crippen LogP contribution in [0.4, 0.5) is 0 Å². The molecule has 0 amide bonds. The van der Waals surface area contributed by atoms with Crippen molar-refractivity contribution in [2.75, 3.05) is 6.61 Å². The van der Waals surface area contributed by atoms with Crippen LogP contribution in [-0.2, 0) is 0 Å². The Bertz CT molecular complexity index is 925. The van der Waals surface area contributed by atoms with E-state index in [1.807, 2.05) is 49.4 Å². The van der Waals surface area contributed by atoms with Gasteiger partial charge in [0.1, 0.15) is 6.61 Å². The van der Waals surface area contributed by atoms with Gasteiger partial charge in [-0.05, 0) is 36.8 Å². The Morgan fingerprint density at radius 2 is 2.05 bits per heavy atom. The van der Waals surface area contributed by atoms with E-state index in [-0.39, 0.29) is 12.2 Å². The lowest BCUT2D eigenvalue weighted by molar-refractivity contribution is 0.350. The minimum atomic E-state index is -0.175. The van der Waals surface area contributed by atoms with Crippen LogP contribution in [0.15, 0.2) is 47.3 Å². The van der Waals surface area contributed by atoms with Gasteiger partial charge in [0.15, 0.2) is 0 Å². The molecule has 0 saturated carbocycles. The maximum absolute atomic E-state index is 12.5. The Kier molecular flexibility index (Phi) is 3.61. The molecule has 0 aliphatic heterocycles. The highest BCUT2D eigenvalue weighted by atomic mass is 32.1. The summed E-state index contributed by atoms with van der Waals surface area (Å²) in [4.78, 5) is 12.5. The third-order valence-electron chi connectivity index (χ3n) is 3.23. The molecule has 3 rings (SSSR count). The molecule has 0 spiro atoms. The van der Waals surface area contributed by atoms with E-state index in [9.17, 15) is 4.79 Å². The second kappa shape index (κ2) is 5.57. The van der Waals surface area contributed by atoms with E-state index in [1.54, 1.807) is 3.96 Å². The zero-order valence-electron chi connectivity index (χ0n) is 11.5. The van der Waals surface area contributed by atoms with Crippen LogP contribution in [0.3, 0.4) is 0 Å². The molecule has 1 aromatic heterocycles. The topological polar surface area (TPSA) is 42.2 Å². The third kappa shape index (κ3) is 2.49. The molecule has 0 aliphatic rings. The van der Waals surface area contributed by atoms with Gasteiger partial charge >= 0.3 is 0 Å². The predicted octanol–water partition coefficient (Wildman–Crippen LogP) is 2.70. The van der Waals surface area contributed by atoms with Gasteiger partial charge in [0, 0.05) is 5.56 Å². The minimum Gasteiger partial charge on any atom is -0.384 e. The number of rotatable bonds is 1. The van der Waals surface area contributed by atoms with Crippen molar-refractivity contribution in [2.45, 2.75) is 6.92 Å². The predicted molar refractivity (Wildman–Crippen MR) is 86.1 cm³/mol. The summed E-state index contributed by atoms with van der Waals surface area (Å²) in [6.45, 7) is 1.79. The van der Waals surface area contributed by atoms with Crippen molar-refractivity contribution in [3.05, 3.63) is 63.9 Å². The molecule has 0 atom stereocenters. The Morgan fingerprint density at radius 3 is 2.81 bits per heavy atom. The number of fused-ring (bicyclic) bond motifs is 1. The maximum Gasteiger partial charge on any atom is 0.273 e. The molecule has 4 heteroatoms. The van der Waals surface area contributed by atoms with Crippen molar-refractivity contribution >= 4 is 21.6 Å². The summed E-state index contributed by atoms with van der Waals surface area (Å²) < 4.78 is 2.66. The van der Waals surface area contributed by atoms with Crippen molar-refractivity contribution in [3.63, 3.8) is 0 Å². The number of aromatic nitrogens is 1. The summed E-state index contributed by atoms with van der Waals surface area (Å²) in [6, 6.07) is 13.3. The monoisotopic (exact) mass is 295 g/mol. The standard InChI is InChI=1S/C17H13NO2S/c1-12-8-9-13(5-4-10-19)11-15(12)18-17(20)14-6-2-3-7-16(14)21-18/h2-3,6-9,11,19H,10H2,1H3. The van der Waals surface area contributed by atoms with Crippen LogP contribution >= 0.6 is 11.5 Å². The fraction of sp³-hybridized carbons (Fsp3) is 0.118. The first-order valence-electron chi connectivity index (χ1n) is 6.52. The summed E-state index contributed by atoms with van der Waals surface area (Å²) >= 11 is 1.43. The molecular weight excluding hydrogens is 282 g/mol. The Hall–Kier alpha value is -2.35. The van der Waals surface area contributed by atoms with Gasteiger partial charge < -0.3 is 5.11 Å². The number of benzene rings is 2.